The zero-order chi connectivity index (χ0) is 10.3. The van der Waals surface area contributed by atoms with Gasteiger partial charge in [0, 0.05) is 15.7 Å². The van der Waals surface area contributed by atoms with E-state index in [0.717, 1.165) is 4.47 Å². The number of anilines is 1. The Kier molecular flexibility index (Phi) is 2.12. The predicted octanol–water partition coefficient (Wildman–Crippen LogP) is 2.00. The van der Waals surface area contributed by atoms with Gasteiger partial charge in [0.05, 0.1) is 0 Å². The van der Waals surface area contributed by atoms with Crippen LogP contribution in [0.5, 0.6) is 0 Å². The van der Waals surface area contributed by atoms with Crippen molar-refractivity contribution in [3.8, 4) is 0 Å². The minimum atomic E-state index is -1.36. The molecule has 74 valence electrons. The lowest BCUT2D eigenvalue weighted by Crippen LogP contribution is -2.33. The first kappa shape index (κ1) is 9.68. The number of halogens is 1. The van der Waals surface area contributed by atoms with Gasteiger partial charge in [-0.05, 0) is 24.6 Å². The maximum atomic E-state index is 11.5. The van der Waals surface area contributed by atoms with Crippen LogP contribution in [0.25, 0.3) is 0 Å². The monoisotopic (exact) mass is 255 g/mol. The van der Waals surface area contributed by atoms with Crippen molar-refractivity contribution in [2.75, 3.05) is 5.32 Å². The van der Waals surface area contributed by atoms with Crippen LogP contribution in [-0.2, 0) is 10.4 Å². The molecule has 1 aromatic rings. The molecule has 0 saturated heterocycles. The van der Waals surface area contributed by atoms with Crippen molar-refractivity contribution in [1.82, 2.24) is 0 Å². The van der Waals surface area contributed by atoms with Gasteiger partial charge in [0.1, 0.15) is 0 Å². The molecule has 1 aliphatic rings. The van der Waals surface area contributed by atoms with Crippen LogP contribution < -0.4 is 5.32 Å². The summed E-state index contributed by atoms with van der Waals surface area (Å²) >= 11 is 3.32. The number of amides is 1. The van der Waals surface area contributed by atoms with Crippen molar-refractivity contribution in [2.45, 2.75) is 18.9 Å². The van der Waals surface area contributed by atoms with E-state index in [4.69, 9.17) is 0 Å². The molecule has 0 radical (unpaired) electrons. The van der Waals surface area contributed by atoms with Crippen molar-refractivity contribution >= 4 is 27.5 Å². The van der Waals surface area contributed by atoms with Crippen LogP contribution >= 0.6 is 15.9 Å². The Labute approximate surface area is 90.3 Å². The Bertz CT molecular complexity index is 405. The van der Waals surface area contributed by atoms with E-state index in [-0.39, 0.29) is 5.91 Å². The third kappa shape index (κ3) is 1.18. The van der Waals surface area contributed by atoms with Crippen LogP contribution in [0.2, 0.25) is 0 Å². The molecule has 0 spiro atoms. The Balaban J connectivity index is 2.61. The maximum Gasteiger partial charge on any atom is 0.261 e. The molecule has 1 aliphatic heterocycles. The van der Waals surface area contributed by atoms with Crippen molar-refractivity contribution in [3.05, 3.63) is 28.2 Å². The van der Waals surface area contributed by atoms with Gasteiger partial charge in [0.25, 0.3) is 5.91 Å². The van der Waals surface area contributed by atoms with Crippen molar-refractivity contribution in [3.63, 3.8) is 0 Å². The van der Waals surface area contributed by atoms with Gasteiger partial charge in [-0.25, -0.2) is 0 Å². The SMILES string of the molecule is CC[C@@]1(O)C(=O)Nc2ccc(Br)cc21. The lowest BCUT2D eigenvalue weighted by Gasteiger charge is -2.18. The van der Waals surface area contributed by atoms with E-state index in [1.165, 1.54) is 0 Å². The number of benzene rings is 1. The van der Waals surface area contributed by atoms with E-state index >= 15 is 0 Å². The Morgan fingerprint density at radius 1 is 1.57 bits per heavy atom. The number of carbonyl (C=O) groups is 1. The average Bonchev–Trinajstić information content (AvgIpc) is 2.41. The first-order valence-corrected chi connectivity index (χ1v) is 5.21. The van der Waals surface area contributed by atoms with Gasteiger partial charge in [0.15, 0.2) is 5.60 Å². The summed E-state index contributed by atoms with van der Waals surface area (Å²) in [6, 6.07) is 5.39. The molecule has 1 atom stereocenters. The Morgan fingerprint density at radius 2 is 2.29 bits per heavy atom. The molecule has 2 N–H and O–H groups in total. The quantitative estimate of drug-likeness (QED) is 0.807. The number of carbonyl (C=O) groups excluding carboxylic acids is 1. The second-order valence-corrected chi connectivity index (χ2v) is 4.27. The van der Waals surface area contributed by atoms with Crippen molar-refractivity contribution in [1.29, 1.82) is 0 Å². The minimum absolute atomic E-state index is 0.340. The maximum absolute atomic E-state index is 11.5. The van der Waals surface area contributed by atoms with Crippen molar-refractivity contribution in [2.24, 2.45) is 0 Å². The number of fused-ring (bicyclic) bond motifs is 1. The molecule has 0 bridgehead atoms. The highest BCUT2D eigenvalue weighted by Gasteiger charge is 2.43. The second-order valence-electron chi connectivity index (χ2n) is 3.36. The number of aliphatic hydroxyl groups is 1. The molecule has 4 heteroatoms. The van der Waals surface area contributed by atoms with Crippen LogP contribution in [0.3, 0.4) is 0 Å². The summed E-state index contributed by atoms with van der Waals surface area (Å²) in [5.74, 6) is -0.340. The smallest absolute Gasteiger partial charge is 0.261 e. The molecule has 0 saturated carbocycles. The van der Waals surface area contributed by atoms with Gasteiger partial charge >= 0.3 is 0 Å². The summed E-state index contributed by atoms with van der Waals surface area (Å²) < 4.78 is 0.861. The summed E-state index contributed by atoms with van der Waals surface area (Å²) in [5, 5.41) is 12.8. The fraction of sp³-hybridized carbons (Fsp3) is 0.300. The van der Waals surface area contributed by atoms with Gasteiger partial charge in [-0.1, -0.05) is 22.9 Å². The summed E-state index contributed by atoms with van der Waals surface area (Å²) in [6.45, 7) is 1.79. The van der Waals surface area contributed by atoms with Gasteiger partial charge in [0.2, 0.25) is 0 Å². The number of hydrogen-bond donors (Lipinski definition) is 2. The summed E-state index contributed by atoms with van der Waals surface area (Å²) in [6.07, 6.45) is 0.377. The van der Waals surface area contributed by atoms with E-state index < -0.39 is 5.60 Å². The Hall–Kier alpha value is -0.870. The number of rotatable bonds is 1. The van der Waals surface area contributed by atoms with Gasteiger partial charge in [-0.15, -0.1) is 0 Å². The van der Waals surface area contributed by atoms with Crippen LogP contribution in [0.4, 0.5) is 5.69 Å². The third-order valence-electron chi connectivity index (χ3n) is 2.56. The highest BCUT2D eigenvalue weighted by molar-refractivity contribution is 9.10. The zero-order valence-electron chi connectivity index (χ0n) is 7.67. The fourth-order valence-electron chi connectivity index (χ4n) is 1.67. The third-order valence-corrected chi connectivity index (χ3v) is 3.06. The van der Waals surface area contributed by atoms with Crippen LogP contribution in [-0.4, -0.2) is 11.0 Å². The highest BCUT2D eigenvalue weighted by atomic mass is 79.9. The van der Waals surface area contributed by atoms with Crippen LogP contribution in [0.15, 0.2) is 22.7 Å². The molecular weight excluding hydrogens is 246 g/mol. The van der Waals surface area contributed by atoms with Gasteiger partial charge in [-0.2, -0.15) is 0 Å². The minimum Gasteiger partial charge on any atom is -0.375 e. The molecule has 0 fully saturated rings. The topological polar surface area (TPSA) is 49.3 Å². The average molecular weight is 256 g/mol. The summed E-state index contributed by atoms with van der Waals surface area (Å²) in [4.78, 5) is 11.5. The van der Waals surface area contributed by atoms with E-state index in [1.54, 1.807) is 19.1 Å². The zero-order valence-corrected chi connectivity index (χ0v) is 9.26. The van der Waals surface area contributed by atoms with Crippen molar-refractivity contribution < 1.29 is 9.90 Å². The number of hydrogen-bond acceptors (Lipinski definition) is 2. The van der Waals surface area contributed by atoms with E-state index in [1.807, 2.05) is 6.07 Å². The van der Waals surface area contributed by atoms with E-state index in [9.17, 15) is 9.90 Å². The van der Waals surface area contributed by atoms with E-state index in [0.29, 0.717) is 17.7 Å². The van der Waals surface area contributed by atoms with Crippen LogP contribution in [0, 0.1) is 0 Å². The molecular formula is C10H10BrNO2. The van der Waals surface area contributed by atoms with Gasteiger partial charge < -0.3 is 10.4 Å². The molecule has 0 unspecified atom stereocenters. The highest BCUT2D eigenvalue weighted by Crippen LogP contribution is 2.39. The Morgan fingerprint density at radius 3 is 2.93 bits per heavy atom. The second kappa shape index (κ2) is 3.07. The molecule has 1 amide bonds. The molecule has 3 nitrogen and oxygen atoms in total. The standard InChI is InChI=1S/C10H10BrNO2/c1-2-10(14)7-5-6(11)3-4-8(7)12-9(10)13/h3-5,14H,2H2,1H3,(H,12,13)/t10-/m0/s1. The molecule has 0 aromatic heterocycles. The lowest BCUT2D eigenvalue weighted by molar-refractivity contribution is -0.133. The molecule has 2 rings (SSSR count). The molecule has 0 aliphatic carbocycles. The normalized spacial score (nSPS) is 24.6. The van der Waals surface area contributed by atoms with E-state index in [2.05, 4.69) is 21.2 Å². The summed E-state index contributed by atoms with van der Waals surface area (Å²) in [7, 11) is 0. The molecule has 1 heterocycles. The fourth-order valence-corrected chi connectivity index (χ4v) is 2.03. The first-order chi connectivity index (χ1) is 6.58. The first-order valence-electron chi connectivity index (χ1n) is 4.42. The molecule has 1 aromatic carbocycles. The largest absolute Gasteiger partial charge is 0.375 e. The molecule has 14 heavy (non-hydrogen) atoms. The summed E-state index contributed by atoms with van der Waals surface area (Å²) in [5.41, 5.74) is -0.0130. The van der Waals surface area contributed by atoms with Crippen LogP contribution in [0.1, 0.15) is 18.9 Å². The number of nitrogens with one attached hydrogen (secondary N) is 1. The lowest BCUT2D eigenvalue weighted by atomic mass is 9.93. The van der Waals surface area contributed by atoms with Gasteiger partial charge in [-0.3, -0.25) is 4.79 Å². The predicted molar refractivity (Wildman–Crippen MR) is 57.0 cm³/mol.